The maximum Gasteiger partial charge on any atom is 0.260 e. The van der Waals surface area contributed by atoms with Crippen LogP contribution < -0.4 is 9.80 Å². The van der Waals surface area contributed by atoms with Crippen molar-refractivity contribution in [3.05, 3.63) is 53.6 Å². The lowest BCUT2D eigenvalue weighted by Gasteiger charge is -2.21. The van der Waals surface area contributed by atoms with E-state index in [2.05, 4.69) is 44.1 Å². The fourth-order valence-corrected chi connectivity index (χ4v) is 4.23. The summed E-state index contributed by atoms with van der Waals surface area (Å²) in [6.07, 6.45) is 1.89. The summed E-state index contributed by atoms with van der Waals surface area (Å²) in [5.74, 6) is 0.00355. The third-order valence-electron chi connectivity index (χ3n) is 4.94. The Balaban J connectivity index is 1.92. The molecule has 3 aromatic rings. The minimum Gasteiger partial charge on any atom is -0.378 e. The summed E-state index contributed by atoms with van der Waals surface area (Å²) in [5.41, 5.74) is 4.01. The van der Waals surface area contributed by atoms with Crippen LogP contribution in [0.1, 0.15) is 29.3 Å². The number of aromatic nitrogens is 1. The average Bonchev–Trinajstić information content (AvgIpc) is 3.13. The highest BCUT2D eigenvalue weighted by Crippen LogP contribution is 2.31. The number of carbonyl (C=O) groups is 1. The van der Waals surface area contributed by atoms with Crippen LogP contribution in [0.25, 0.3) is 10.2 Å². The van der Waals surface area contributed by atoms with Gasteiger partial charge in [0.25, 0.3) is 5.91 Å². The van der Waals surface area contributed by atoms with Gasteiger partial charge in [0.1, 0.15) is 0 Å². The molecule has 5 nitrogen and oxygen atoms in total. The number of thiazole rings is 1. The highest BCUT2D eigenvalue weighted by molar-refractivity contribution is 7.22. The Morgan fingerprint density at radius 3 is 2.34 bits per heavy atom. The molecule has 1 amide bonds. The fraction of sp³-hybridized carbons (Fsp3) is 0.391. The first-order chi connectivity index (χ1) is 13.9. The van der Waals surface area contributed by atoms with Gasteiger partial charge in [0.15, 0.2) is 5.13 Å². The number of rotatable bonds is 8. The van der Waals surface area contributed by atoms with Crippen LogP contribution in [-0.4, -0.2) is 57.1 Å². The first-order valence-corrected chi connectivity index (χ1v) is 10.8. The molecule has 154 valence electrons. The SMILES string of the molecule is CCc1ccc2nc(N(CCCN(C)C)C(=O)c3ccc(N(C)C)cc3)sc2c1. The molecule has 6 heteroatoms. The molecule has 0 aliphatic heterocycles. The quantitative estimate of drug-likeness (QED) is 0.547. The van der Waals surface area contributed by atoms with Gasteiger partial charge in [-0.1, -0.05) is 24.3 Å². The van der Waals surface area contributed by atoms with E-state index in [0.29, 0.717) is 12.1 Å². The molecule has 0 fully saturated rings. The molecule has 0 spiro atoms. The summed E-state index contributed by atoms with van der Waals surface area (Å²) in [7, 11) is 8.10. The smallest absolute Gasteiger partial charge is 0.260 e. The van der Waals surface area contributed by atoms with E-state index in [1.54, 1.807) is 11.3 Å². The average molecular weight is 411 g/mol. The lowest BCUT2D eigenvalue weighted by molar-refractivity contribution is 0.0986. The number of hydrogen-bond donors (Lipinski definition) is 0. The van der Waals surface area contributed by atoms with Gasteiger partial charge in [-0.25, -0.2) is 4.98 Å². The number of hydrogen-bond acceptors (Lipinski definition) is 5. The van der Waals surface area contributed by atoms with E-state index in [1.165, 1.54) is 5.56 Å². The highest BCUT2D eigenvalue weighted by Gasteiger charge is 2.21. The first-order valence-electron chi connectivity index (χ1n) is 10.0. The van der Waals surface area contributed by atoms with Crippen LogP contribution in [0.3, 0.4) is 0 Å². The van der Waals surface area contributed by atoms with Gasteiger partial charge in [0, 0.05) is 31.9 Å². The molecule has 3 rings (SSSR count). The van der Waals surface area contributed by atoms with Crippen molar-refractivity contribution in [3.8, 4) is 0 Å². The third kappa shape index (κ3) is 5.14. The van der Waals surface area contributed by atoms with Gasteiger partial charge in [-0.15, -0.1) is 0 Å². The number of fused-ring (bicyclic) bond motifs is 1. The van der Waals surface area contributed by atoms with Crippen molar-refractivity contribution < 1.29 is 4.79 Å². The Hall–Kier alpha value is -2.44. The molecule has 0 N–H and O–H groups in total. The van der Waals surface area contributed by atoms with Gasteiger partial charge in [-0.2, -0.15) is 0 Å². The van der Waals surface area contributed by atoms with Crippen LogP contribution in [0.4, 0.5) is 10.8 Å². The number of aryl methyl sites for hydroxylation is 1. The molecular formula is C23H30N4OS. The van der Waals surface area contributed by atoms with Crippen molar-refractivity contribution in [1.82, 2.24) is 9.88 Å². The molecule has 29 heavy (non-hydrogen) atoms. The molecule has 0 unspecified atom stereocenters. The van der Waals surface area contributed by atoms with Gasteiger partial charge < -0.3 is 9.80 Å². The number of carbonyl (C=O) groups excluding carboxylic acids is 1. The van der Waals surface area contributed by atoms with Crippen LogP contribution in [0.5, 0.6) is 0 Å². The summed E-state index contributed by atoms with van der Waals surface area (Å²) in [5, 5.41) is 0.772. The van der Waals surface area contributed by atoms with Gasteiger partial charge in [0.05, 0.1) is 10.2 Å². The summed E-state index contributed by atoms with van der Waals surface area (Å²) in [6, 6.07) is 14.1. The zero-order valence-electron chi connectivity index (χ0n) is 18.0. The van der Waals surface area contributed by atoms with E-state index < -0.39 is 0 Å². The molecule has 0 atom stereocenters. The summed E-state index contributed by atoms with van der Waals surface area (Å²) in [6.45, 7) is 3.72. The highest BCUT2D eigenvalue weighted by atomic mass is 32.1. The maximum absolute atomic E-state index is 13.4. The lowest BCUT2D eigenvalue weighted by atomic mass is 10.1. The minimum absolute atomic E-state index is 0.00355. The van der Waals surface area contributed by atoms with E-state index in [-0.39, 0.29) is 5.91 Å². The van der Waals surface area contributed by atoms with Crippen LogP contribution in [0, 0.1) is 0 Å². The Morgan fingerprint density at radius 1 is 1.00 bits per heavy atom. The predicted octanol–water partition coefficient (Wildman–Crippen LogP) is 4.52. The van der Waals surface area contributed by atoms with Gasteiger partial charge in [-0.05, 0) is 75.4 Å². The first kappa shape index (κ1) is 21.3. The number of nitrogens with zero attached hydrogens (tertiary/aromatic N) is 4. The Kier molecular flexibility index (Phi) is 6.87. The Morgan fingerprint density at radius 2 is 1.72 bits per heavy atom. The second kappa shape index (κ2) is 9.37. The third-order valence-corrected chi connectivity index (χ3v) is 5.98. The van der Waals surface area contributed by atoms with Crippen LogP contribution in [-0.2, 0) is 6.42 Å². The van der Waals surface area contributed by atoms with Crippen molar-refractivity contribution in [2.45, 2.75) is 19.8 Å². The number of benzene rings is 2. The second-order valence-electron chi connectivity index (χ2n) is 7.71. The molecule has 0 bridgehead atoms. The molecule has 0 aliphatic carbocycles. The van der Waals surface area contributed by atoms with Crippen molar-refractivity contribution in [2.75, 3.05) is 51.1 Å². The van der Waals surface area contributed by atoms with Crippen molar-refractivity contribution >= 4 is 38.3 Å². The molecule has 0 aliphatic rings. The van der Waals surface area contributed by atoms with Crippen LogP contribution in [0.2, 0.25) is 0 Å². The van der Waals surface area contributed by atoms with Gasteiger partial charge >= 0.3 is 0 Å². The topological polar surface area (TPSA) is 39.7 Å². The van der Waals surface area contributed by atoms with Crippen LogP contribution in [0.15, 0.2) is 42.5 Å². The lowest BCUT2D eigenvalue weighted by Crippen LogP contribution is -2.33. The largest absolute Gasteiger partial charge is 0.378 e. The van der Waals surface area contributed by atoms with Crippen LogP contribution >= 0.6 is 11.3 Å². The standard InChI is InChI=1S/C23H30N4OS/c1-6-17-8-13-20-21(16-17)29-23(24-20)27(15-7-14-25(2)3)22(28)18-9-11-19(12-10-18)26(4)5/h8-13,16H,6-7,14-15H2,1-5H3. The molecule has 2 aromatic carbocycles. The normalized spacial score (nSPS) is 11.2. The van der Waals surface area contributed by atoms with E-state index in [4.69, 9.17) is 4.98 Å². The molecule has 1 heterocycles. The zero-order chi connectivity index (χ0) is 21.0. The molecule has 1 aromatic heterocycles. The maximum atomic E-state index is 13.4. The van der Waals surface area contributed by atoms with E-state index in [1.807, 2.05) is 48.2 Å². The van der Waals surface area contributed by atoms with Crippen molar-refractivity contribution in [2.24, 2.45) is 0 Å². The Bertz CT molecular complexity index is 963. The van der Waals surface area contributed by atoms with E-state index >= 15 is 0 Å². The summed E-state index contributed by atoms with van der Waals surface area (Å²) < 4.78 is 1.13. The molecule has 0 saturated heterocycles. The minimum atomic E-state index is 0.00355. The predicted molar refractivity (Wildman–Crippen MR) is 125 cm³/mol. The summed E-state index contributed by atoms with van der Waals surface area (Å²) in [4.78, 5) is 24.2. The van der Waals surface area contributed by atoms with E-state index in [0.717, 1.165) is 40.4 Å². The molecule has 0 radical (unpaired) electrons. The van der Waals surface area contributed by atoms with Gasteiger partial charge in [0.2, 0.25) is 0 Å². The monoisotopic (exact) mass is 410 g/mol. The Labute approximate surface area is 177 Å². The van der Waals surface area contributed by atoms with E-state index in [9.17, 15) is 4.79 Å². The molecule has 0 saturated carbocycles. The fourth-order valence-electron chi connectivity index (χ4n) is 3.18. The second-order valence-corrected chi connectivity index (χ2v) is 8.72. The molecular weight excluding hydrogens is 380 g/mol. The van der Waals surface area contributed by atoms with Gasteiger partial charge in [-0.3, -0.25) is 9.69 Å². The van der Waals surface area contributed by atoms with Crippen molar-refractivity contribution in [3.63, 3.8) is 0 Å². The number of amides is 1. The zero-order valence-corrected chi connectivity index (χ0v) is 18.8. The van der Waals surface area contributed by atoms with Crippen molar-refractivity contribution in [1.29, 1.82) is 0 Å². The number of anilines is 2. The summed E-state index contributed by atoms with van der Waals surface area (Å²) >= 11 is 1.60.